The number of nitriles is 1. The molecule has 3 heteroatoms. The van der Waals surface area contributed by atoms with Gasteiger partial charge in [-0.25, -0.2) is 0 Å². The molecule has 11 rings (SSSR count). The van der Waals surface area contributed by atoms with E-state index >= 15 is 0 Å². The van der Waals surface area contributed by atoms with Gasteiger partial charge in [0.25, 0.3) is 0 Å². The number of benzene rings is 10. The molecule has 10 aromatic carbocycles. The molecule has 0 bridgehead atoms. The molecule has 59 heavy (non-hydrogen) atoms. The average molecular weight is 754 g/mol. The molecule has 0 aliphatic heterocycles. The lowest BCUT2D eigenvalue weighted by molar-refractivity contribution is 0.666. The number of hydrogen-bond donors (Lipinski definition) is 0. The number of hydrogen-bond acceptors (Lipinski definition) is 3. The molecule has 0 saturated heterocycles. The summed E-state index contributed by atoms with van der Waals surface area (Å²) in [5, 5.41) is 19.5. The van der Waals surface area contributed by atoms with Gasteiger partial charge in [0.1, 0.15) is 0 Å². The lowest BCUT2D eigenvalue weighted by Crippen LogP contribution is -2.17. The largest absolute Gasteiger partial charge is 0.310 e. The highest BCUT2D eigenvalue weighted by Crippen LogP contribution is 2.56. The number of fused-ring (bicyclic) bond motifs is 10. The summed E-state index contributed by atoms with van der Waals surface area (Å²) in [5.74, 6) is 0. The second kappa shape index (κ2) is 13.5. The monoisotopic (exact) mass is 753 g/mol. The van der Waals surface area contributed by atoms with Gasteiger partial charge in [-0.1, -0.05) is 129 Å². The van der Waals surface area contributed by atoms with Crippen LogP contribution >= 0.6 is 0 Å². The van der Waals surface area contributed by atoms with Gasteiger partial charge in [-0.15, -0.1) is 0 Å². The van der Waals surface area contributed by atoms with E-state index in [4.69, 9.17) is 0 Å². The number of para-hydroxylation sites is 1. The Morgan fingerprint density at radius 2 is 0.881 bits per heavy atom. The van der Waals surface area contributed by atoms with Gasteiger partial charge in [0.2, 0.25) is 0 Å². The minimum atomic E-state index is -0.304. The van der Waals surface area contributed by atoms with Crippen LogP contribution in [0, 0.1) is 11.3 Å². The Labute approximate surface area is 344 Å². The number of nitrogens with zero attached hydrogens (tertiary/aromatic N) is 3. The third kappa shape index (κ3) is 5.57. The van der Waals surface area contributed by atoms with E-state index in [1.54, 1.807) is 0 Å². The van der Waals surface area contributed by atoms with Crippen LogP contribution in [0.3, 0.4) is 0 Å². The Kier molecular flexibility index (Phi) is 7.90. The molecule has 0 saturated carbocycles. The van der Waals surface area contributed by atoms with Crippen molar-refractivity contribution in [1.29, 1.82) is 5.26 Å². The van der Waals surface area contributed by atoms with Crippen molar-refractivity contribution < 1.29 is 0 Å². The second-order valence-corrected chi connectivity index (χ2v) is 16.1. The quantitative estimate of drug-likeness (QED) is 0.158. The van der Waals surface area contributed by atoms with E-state index in [2.05, 4.69) is 218 Å². The highest BCUT2D eigenvalue weighted by atomic mass is 15.1. The molecular weight excluding hydrogens is 715 g/mol. The van der Waals surface area contributed by atoms with Gasteiger partial charge >= 0.3 is 0 Å². The third-order valence-electron chi connectivity index (χ3n) is 12.3. The molecular formula is C56H39N3. The number of anilines is 6. The van der Waals surface area contributed by atoms with Crippen molar-refractivity contribution in [3.8, 4) is 17.2 Å². The maximum absolute atomic E-state index is 9.63. The van der Waals surface area contributed by atoms with Gasteiger partial charge in [0, 0.05) is 39.5 Å². The van der Waals surface area contributed by atoms with E-state index in [1.165, 1.54) is 65.3 Å². The van der Waals surface area contributed by atoms with Crippen molar-refractivity contribution >= 4 is 77.2 Å². The predicted molar refractivity (Wildman–Crippen MR) is 248 cm³/mol. The molecule has 1 aliphatic rings. The van der Waals surface area contributed by atoms with Crippen LogP contribution in [0.15, 0.2) is 200 Å². The molecule has 0 unspecified atom stereocenters. The van der Waals surface area contributed by atoms with Crippen LogP contribution in [-0.4, -0.2) is 0 Å². The highest BCUT2D eigenvalue weighted by molar-refractivity contribution is 6.19. The van der Waals surface area contributed by atoms with Gasteiger partial charge in [0.05, 0.1) is 11.6 Å². The summed E-state index contributed by atoms with van der Waals surface area (Å²) in [7, 11) is 0. The molecule has 1 aliphatic carbocycles. The van der Waals surface area contributed by atoms with Crippen LogP contribution in [0.2, 0.25) is 0 Å². The second-order valence-electron chi connectivity index (χ2n) is 16.1. The summed E-state index contributed by atoms with van der Waals surface area (Å²) in [4.78, 5) is 4.70. The van der Waals surface area contributed by atoms with E-state index in [0.717, 1.165) is 34.1 Å². The van der Waals surface area contributed by atoms with Crippen molar-refractivity contribution in [3.05, 3.63) is 217 Å². The first-order chi connectivity index (χ1) is 29.0. The molecule has 0 heterocycles. The molecule has 278 valence electrons. The van der Waals surface area contributed by atoms with Crippen molar-refractivity contribution in [2.75, 3.05) is 9.80 Å². The van der Waals surface area contributed by atoms with Crippen molar-refractivity contribution in [2.45, 2.75) is 19.3 Å². The van der Waals surface area contributed by atoms with Gasteiger partial charge in [0.15, 0.2) is 0 Å². The van der Waals surface area contributed by atoms with Crippen LogP contribution < -0.4 is 9.80 Å². The summed E-state index contributed by atoms with van der Waals surface area (Å²) in [5.41, 5.74) is 12.1. The smallest absolute Gasteiger partial charge is 0.0991 e. The molecule has 0 aromatic heterocycles. The minimum Gasteiger partial charge on any atom is -0.310 e. The Morgan fingerprint density at radius 1 is 0.390 bits per heavy atom. The van der Waals surface area contributed by atoms with Crippen LogP contribution in [-0.2, 0) is 5.41 Å². The average Bonchev–Trinajstić information content (AvgIpc) is 3.53. The van der Waals surface area contributed by atoms with Gasteiger partial charge < -0.3 is 9.80 Å². The van der Waals surface area contributed by atoms with E-state index in [0.29, 0.717) is 5.56 Å². The van der Waals surface area contributed by atoms with Gasteiger partial charge in [-0.3, -0.25) is 0 Å². The molecule has 10 aromatic rings. The van der Waals surface area contributed by atoms with Crippen LogP contribution in [0.5, 0.6) is 0 Å². The predicted octanol–water partition coefficient (Wildman–Crippen LogP) is 15.4. The Balaban J connectivity index is 1.10. The highest BCUT2D eigenvalue weighted by Gasteiger charge is 2.39. The minimum absolute atomic E-state index is 0.304. The standard InChI is InChI=1S/C56H39N3/c1-56(2)53-35-47(59(43-24-20-37(36-57)21-25-43)45-27-23-39-13-7-9-15-41(39)33-45)29-31-51(53)54-49-19-11-10-18-48(49)52-34-46(28-30-50(52)55(54)56)58(42-16-4-3-5-17-42)44-26-22-38-12-6-8-14-40(38)32-44/h3-35H,1-2H3. The van der Waals surface area contributed by atoms with Crippen molar-refractivity contribution in [1.82, 2.24) is 0 Å². The maximum atomic E-state index is 9.63. The van der Waals surface area contributed by atoms with Crippen molar-refractivity contribution in [3.63, 3.8) is 0 Å². The fraction of sp³-hybridized carbons (Fsp3) is 0.0536. The zero-order valence-electron chi connectivity index (χ0n) is 32.9. The zero-order chi connectivity index (χ0) is 39.7. The van der Waals surface area contributed by atoms with Crippen LogP contribution in [0.25, 0.3) is 54.2 Å². The van der Waals surface area contributed by atoms with Gasteiger partial charge in [-0.05, 0) is 150 Å². The Hall–Kier alpha value is -7.67. The van der Waals surface area contributed by atoms with Gasteiger partial charge in [-0.2, -0.15) is 5.26 Å². The zero-order valence-corrected chi connectivity index (χ0v) is 32.9. The summed E-state index contributed by atoms with van der Waals surface area (Å²) >= 11 is 0. The summed E-state index contributed by atoms with van der Waals surface area (Å²) in [6, 6.07) is 74.4. The Bertz CT molecular complexity index is 3320. The lowest BCUT2D eigenvalue weighted by Gasteiger charge is -2.29. The first kappa shape index (κ1) is 34.6. The molecule has 3 nitrogen and oxygen atoms in total. The number of rotatable bonds is 6. The lowest BCUT2D eigenvalue weighted by atomic mass is 9.79. The molecule has 0 fully saturated rings. The SMILES string of the molecule is CC1(C)c2cc(N(c3ccc(C#N)cc3)c3ccc4ccccc4c3)ccc2-c2c1c1ccc(N(c3ccccc3)c3ccc4ccccc4c3)cc1c1ccccc21. The topological polar surface area (TPSA) is 30.3 Å². The molecule has 0 N–H and O–H groups in total. The molecule has 0 radical (unpaired) electrons. The van der Waals surface area contributed by atoms with Crippen LogP contribution in [0.4, 0.5) is 34.1 Å². The maximum Gasteiger partial charge on any atom is 0.0991 e. The third-order valence-corrected chi connectivity index (χ3v) is 12.3. The van der Waals surface area contributed by atoms with E-state index < -0.39 is 0 Å². The van der Waals surface area contributed by atoms with Crippen molar-refractivity contribution in [2.24, 2.45) is 0 Å². The fourth-order valence-corrected chi connectivity index (χ4v) is 9.58. The Morgan fingerprint density at radius 3 is 1.53 bits per heavy atom. The first-order valence-corrected chi connectivity index (χ1v) is 20.2. The first-order valence-electron chi connectivity index (χ1n) is 20.2. The summed E-state index contributed by atoms with van der Waals surface area (Å²) in [6.45, 7) is 4.77. The molecule has 0 atom stereocenters. The van der Waals surface area contributed by atoms with E-state index in [1.807, 2.05) is 12.1 Å². The summed E-state index contributed by atoms with van der Waals surface area (Å²) < 4.78 is 0. The normalized spacial score (nSPS) is 12.7. The van der Waals surface area contributed by atoms with E-state index in [9.17, 15) is 5.26 Å². The molecule has 0 amide bonds. The summed E-state index contributed by atoms with van der Waals surface area (Å²) in [6.07, 6.45) is 0. The molecule has 0 spiro atoms. The van der Waals surface area contributed by atoms with E-state index in [-0.39, 0.29) is 5.41 Å². The fourth-order valence-electron chi connectivity index (χ4n) is 9.58. The van der Waals surface area contributed by atoms with Crippen LogP contribution in [0.1, 0.15) is 30.5 Å².